The number of anilines is 1. The molecule has 0 aliphatic heterocycles. The zero-order valence-corrected chi connectivity index (χ0v) is 16.4. The molecule has 0 bridgehead atoms. The van der Waals surface area contributed by atoms with E-state index >= 15 is 0 Å². The van der Waals surface area contributed by atoms with Crippen molar-refractivity contribution >= 4 is 17.7 Å². The summed E-state index contributed by atoms with van der Waals surface area (Å²) in [5, 5.41) is 5.66. The molecule has 0 fully saturated rings. The zero-order valence-electron chi connectivity index (χ0n) is 16.4. The molecule has 2 N–H and O–H groups in total. The summed E-state index contributed by atoms with van der Waals surface area (Å²) in [6, 6.07) is 17.0. The van der Waals surface area contributed by atoms with Crippen molar-refractivity contribution in [2.24, 2.45) is 0 Å². The molecule has 0 aliphatic carbocycles. The lowest BCUT2D eigenvalue weighted by Crippen LogP contribution is -2.32. The summed E-state index contributed by atoms with van der Waals surface area (Å²) in [5.41, 5.74) is 1.84. The second-order valence-corrected chi connectivity index (χ2v) is 7.60. The van der Waals surface area contributed by atoms with Crippen LogP contribution in [0.4, 0.5) is 10.5 Å². The fourth-order valence-electron chi connectivity index (χ4n) is 2.53. The van der Waals surface area contributed by atoms with E-state index in [-0.39, 0.29) is 11.9 Å². The van der Waals surface area contributed by atoms with Crippen LogP contribution in [0.2, 0.25) is 0 Å². The second kappa shape index (κ2) is 9.21. The van der Waals surface area contributed by atoms with Crippen LogP contribution < -0.4 is 10.6 Å². The Hall–Kier alpha value is -2.82. The van der Waals surface area contributed by atoms with E-state index in [1.54, 1.807) is 45.0 Å². The highest BCUT2D eigenvalue weighted by Crippen LogP contribution is 2.13. The molecule has 2 rings (SSSR count). The SMILES string of the molecule is CC(CCc1ccccc1)NC(=O)c1ccc(NC(=O)OC(C)(C)C)cc1. The Kier molecular flexibility index (Phi) is 6.99. The van der Waals surface area contributed by atoms with Gasteiger partial charge in [0.25, 0.3) is 5.91 Å². The predicted molar refractivity (Wildman–Crippen MR) is 108 cm³/mol. The largest absolute Gasteiger partial charge is 0.444 e. The third-order valence-electron chi connectivity index (χ3n) is 3.88. The van der Waals surface area contributed by atoms with Crippen LogP contribution in [0.25, 0.3) is 0 Å². The van der Waals surface area contributed by atoms with Crippen LogP contribution in [0.1, 0.15) is 50.0 Å². The number of aryl methyl sites for hydroxylation is 1. The van der Waals surface area contributed by atoms with E-state index in [1.807, 2.05) is 25.1 Å². The lowest BCUT2D eigenvalue weighted by Gasteiger charge is -2.19. The van der Waals surface area contributed by atoms with Crippen LogP contribution in [-0.2, 0) is 11.2 Å². The fraction of sp³-hybridized carbons (Fsp3) is 0.364. The molecule has 0 aliphatic rings. The molecule has 144 valence electrons. The van der Waals surface area contributed by atoms with Gasteiger partial charge in [0.15, 0.2) is 0 Å². The minimum Gasteiger partial charge on any atom is -0.444 e. The summed E-state index contributed by atoms with van der Waals surface area (Å²) in [6.45, 7) is 7.41. The molecular formula is C22H28N2O3. The Labute approximate surface area is 161 Å². The van der Waals surface area contributed by atoms with Gasteiger partial charge in [0, 0.05) is 17.3 Å². The number of rotatable bonds is 6. The topological polar surface area (TPSA) is 67.4 Å². The van der Waals surface area contributed by atoms with Crippen LogP contribution in [0.5, 0.6) is 0 Å². The lowest BCUT2D eigenvalue weighted by molar-refractivity contribution is 0.0635. The maximum Gasteiger partial charge on any atom is 0.412 e. The molecular weight excluding hydrogens is 340 g/mol. The molecule has 2 aromatic rings. The van der Waals surface area contributed by atoms with E-state index in [0.29, 0.717) is 11.3 Å². The molecule has 0 spiro atoms. The number of benzene rings is 2. The van der Waals surface area contributed by atoms with E-state index in [9.17, 15) is 9.59 Å². The first-order chi connectivity index (χ1) is 12.7. The van der Waals surface area contributed by atoms with Crippen molar-refractivity contribution < 1.29 is 14.3 Å². The van der Waals surface area contributed by atoms with E-state index in [4.69, 9.17) is 4.74 Å². The van der Waals surface area contributed by atoms with Gasteiger partial charge in [0.05, 0.1) is 0 Å². The van der Waals surface area contributed by atoms with Crippen molar-refractivity contribution in [1.82, 2.24) is 5.32 Å². The van der Waals surface area contributed by atoms with Crippen LogP contribution >= 0.6 is 0 Å². The third-order valence-corrected chi connectivity index (χ3v) is 3.88. The van der Waals surface area contributed by atoms with E-state index in [2.05, 4.69) is 22.8 Å². The first-order valence-corrected chi connectivity index (χ1v) is 9.18. The molecule has 0 radical (unpaired) electrons. The highest BCUT2D eigenvalue weighted by atomic mass is 16.6. The smallest absolute Gasteiger partial charge is 0.412 e. The number of nitrogens with one attached hydrogen (secondary N) is 2. The van der Waals surface area contributed by atoms with E-state index in [1.165, 1.54) is 5.56 Å². The predicted octanol–water partition coefficient (Wildman–Crippen LogP) is 4.78. The van der Waals surface area contributed by atoms with Gasteiger partial charge in [-0.1, -0.05) is 30.3 Å². The zero-order chi connectivity index (χ0) is 19.9. The Balaban J connectivity index is 1.83. The van der Waals surface area contributed by atoms with Gasteiger partial charge in [-0.05, 0) is 70.4 Å². The molecule has 2 aromatic carbocycles. The van der Waals surface area contributed by atoms with Gasteiger partial charge < -0.3 is 10.1 Å². The molecule has 2 amide bonds. The molecule has 1 unspecified atom stereocenters. The minimum absolute atomic E-state index is 0.0669. The monoisotopic (exact) mass is 368 g/mol. The van der Waals surface area contributed by atoms with Gasteiger partial charge in [0.1, 0.15) is 5.60 Å². The quantitative estimate of drug-likeness (QED) is 0.771. The molecule has 0 aromatic heterocycles. The van der Waals surface area contributed by atoms with Crippen molar-refractivity contribution in [3.05, 3.63) is 65.7 Å². The maximum absolute atomic E-state index is 12.4. The van der Waals surface area contributed by atoms with Crippen LogP contribution in [0, 0.1) is 0 Å². The number of ether oxygens (including phenoxy) is 1. The molecule has 0 heterocycles. The average molecular weight is 368 g/mol. The maximum atomic E-state index is 12.4. The van der Waals surface area contributed by atoms with Gasteiger partial charge in [-0.25, -0.2) is 4.79 Å². The Morgan fingerprint density at radius 2 is 1.63 bits per heavy atom. The molecule has 5 nitrogen and oxygen atoms in total. The van der Waals surface area contributed by atoms with Gasteiger partial charge in [-0.2, -0.15) is 0 Å². The molecule has 0 saturated carbocycles. The number of carbonyl (C=O) groups excluding carboxylic acids is 2. The summed E-state index contributed by atoms with van der Waals surface area (Å²) in [5.74, 6) is -0.126. The van der Waals surface area contributed by atoms with Gasteiger partial charge in [-0.15, -0.1) is 0 Å². The molecule has 0 saturated heterocycles. The third kappa shape index (κ3) is 7.52. The van der Waals surface area contributed by atoms with Crippen LogP contribution in [0.15, 0.2) is 54.6 Å². The molecule has 1 atom stereocenters. The number of carbonyl (C=O) groups is 2. The van der Waals surface area contributed by atoms with Crippen molar-refractivity contribution in [2.75, 3.05) is 5.32 Å². The Morgan fingerprint density at radius 3 is 2.22 bits per heavy atom. The van der Waals surface area contributed by atoms with Gasteiger partial charge >= 0.3 is 6.09 Å². The second-order valence-electron chi connectivity index (χ2n) is 7.60. The summed E-state index contributed by atoms with van der Waals surface area (Å²) in [6.07, 6.45) is 1.27. The highest BCUT2D eigenvalue weighted by molar-refractivity contribution is 5.95. The van der Waals surface area contributed by atoms with Crippen LogP contribution in [0.3, 0.4) is 0 Å². The Morgan fingerprint density at radius 1 is 1.00 bits per heavy atom. The molecule has 5 heteroatoms. The first-order valence-electron chi connectivity index (χ1n) is 9.18. The van der Waals surface area contributed by atoms with Crippen molar-refractivity contribution in [3.63, 3.8) is 0 Å². The number of hydrogen-bond acceptors (Lipinski definition) is 3. The summed E-state index contributed by atoms with van der Waals surface area (Å²) in [4.78, 5) is 24.1. The normalized spacial score (nSPS) is 12.1. The summed E-state index contributed by atoms with van der Waals surface area (Å²) in [7, 11) is 0. The van der Waals surface area contributed by atoms with Crippen LogP contribution in [-0.4, -0.2) is 23.6 Å². The van der Waals surface area contributed by atoms with E-state index < -0.39 is 11.7 Å². The van der Waals surface area contributed by atoms with Gasteiger partial charge in [-0.3, -0.25) is 10.1 Å². The van der Waals surface area contributed by atoms with Crippen molar-refractivity contribution in [1.29, 1.82) is 0 Å². The summed E-state index contributed by atoms with van der Waals surface area (Å²) < 4.78 is 5.21. The molecule has 27 heavy (non-hydrogen) atoms. The van der Waals surface area contributed by atoms with E-state index in [0.717, 1.165) is 12.8 Å². The van der Waals surface area contributed by atoms with Crippen molar-refractivity contribution in [3.8, 4) is 0 Å². The standard InChI is InChI=1S/C22H28N2O3/c1-16(10-11-17-8-6-5-7-9-17)23-20(25)18-12-14-19(15-13-18)24-21(26)27-22(2,3)4/h5-9,12-16H,10-11H2,1-4H3,(H,23,25)(H,24,26). The average Bonchev–Trinajstić information content (AvgIpc) is 2.60. The van der Waals surface area contributed by atoms with Crippen molar-refractivity contribution in [2.45, 2.75) is 52.2 Å². The minimum atomic E-state index is -0.556. The fourth-order valence-corrected chi connectivity index (χ4v) is 2.53. The number of amides is 2. The lowest BCUT2D eigenvalue weighted by atomic mass is 10.1. The number of hydrogen-bond donors (Lipinski definition) is 2. The Bertz CT molecular complexity index is 749. The highest BCUT2D eigenvalue weighted by Gasteiger charge is 2.16. The van der Waals surface area contributed by atoms with Gasteiger partial charge in [0.2, 0.25) is 0 Å². The summed E-state index contributed by atoms with van der Waals surface area (Å²) >= 11 is 0. The first kappa shape index (κ1) is 20.5.